The van der Waals surface area contributed by atoms with Crippen molar-refractivity contribution in [3.63, 3.8) is 0 Å². The smallest absolute Gasteiger partial charge is 0.215 e. The van der Waals surface area contributed by atoms with Gasteiger partial charge in [0.1, 0.15) is 5.82 Å². The van der Waals surface area contributed by atoms with Crippen LogP contribution in [0.3, 0.4) is 0 Å². The number of hydrogen-bond acceptors (Lipinski definition) is 4. The van der Waals surface area contributed by atoms with E-state index in [9.17, 15) is 12.8 Å². The van der Waals surface area contributed by atoms with E-state index in [1.165, 1.54) is 12.1 Å². The molecule has 1 aliphatic heterocycles. The third-order valence-electron chi connectivity index (χ3n) is 4.71. The normalized spacial score (nSPS) is 17.0. The van der Waals surface area contributed by atoms with Crippen molar-refractivity contribution in [3.8, 4) is 0 Å². The van der Waals surface area contributed by atoms with Crippen molar-refractivity contribution in [2.75, 3.05) is 32.8 Å². The Balaban J connectivity index is 1.74. The Hall–Kier alpha value is -1.80. The highest BCUT2D eigenvalue weighted by molar-refractivity contribution is 7.88. The third-order valence-corrected chi connectivity index (χ3v) is 6.01. The monoisotopic (exact) mass is 392 g/mol. The quantitative estimate of drug-likeness (QED) is 0.787. The molecule has 0 radical (unpaired) electrons. The predicted molar refractivity (Wildman–Crippen MR) is 103 cm³/mol. The molecule has 7 heteroatoms. The molecule has 1 unspecified atom stereocenters. The molecule has 0 amide bonds. The molecule has 0 aromatic heterocycles. The first kappa shape index (κ1) is 19.9. The molecule has 0 aliphatic carbocycles. The zero-order chi connectivity index (χ0) is 19.3. The van der Waals surface area contributed by atoms with Crippen LogP contribution in [0.1, 0.15) is 22.7 Å². The fourth-order valence-electron chi connectivity index (χ4n) is 3.30. The number of rotatable bonds is 7. The second-order valence-electron chi connectivity index (χ2n) is 6.78. The molecule has 5 nitrogen and oxygen atoms in total. The molecule has 1 heterocycles. The number of morpholine rings is 1. The Morgan fingerprint density at radius 2 is 1.89 bits per heavy atom. The number of sulfonamides is 1. The molecule has 1 aliphatic rings. The van der Waals surface area contributed by atoms with Crippen molar-refractivity contribution in [1.29, 1.82) is 0 Å². The zero-order valence-electron chi connectivity index (χ0n) is 15.4. The van der Waals surface area contributed by atoms with E-state index in [0.717, 1.165) is 24.2 Å². The van der Waals surface area contributed by atoms with Gasteiger partial charge in [0, 0.05) is 31.2 Å². The Kier molecular flexibility index (Phi) is 6.59. The second-order valence-corrected chi connectivity index (χ2v) is 8.58. The predicted octanol–water partition coefficient (Wildman–Crippen LogP) is 2.63. The molecule has 3 rings (SSSR count). The molecule has 1 N–H and O–H groups in total. The van der Waals surface area contributed by atoms with Crippen LogP contribution in [0, 0.1) is 12.7 Å². The van der Waals surface area contributed by atoms with E-state index in [2.05, 4.69) is 15.7 Å². The number of nitrogens with one attached hydrogen (secondary N) is 1. The summed E-state index contributed by atoms with van der Waals surface area (Å²) in [5, 5.41) is 0. The van der Waals surface area contributed by atoms with Gasteiger partial charge in [-0.05, 0) is 18.6 Å². The summed E-state index contributed by atoms with van der Waals surface area (Å²) in [6.07, 6.45) is 0. The van der Waals surface area contributed by atoms with Gasteiger partial charge in [-0.25, -0.2) is 17.5 Å². The zero-order valence-corrected chi connectivity index (χ0v) is 16.2. The minimum atomic E-state index is -3.66. The molecule has 0 saturated carbocycles. The van der Waals surface area contributed by atoms with Crippen molar-refractivity contribution in [1.82, 2.24) is 9.62 Å². The summed E-state index contributed by atoms with van der Waals surface area (Å²) in [4.78, 5) is 2.23. The molecule has 1 atom stereocenters. The minimum Gasteiger partial charge on any atom is -0.379 e. The Morgan fingerprint density at radius 1 is 1.15 bits per heavy atom. The van der Waals surface area contributed by atoms with Crippen molar-refractivity contribution >= 4 is 10.0 Å². The van der Waals surface area contributed by atoms with Crippen LogP contribution >= 0.6 is 0 Å². The van der Waals surface area contributed by atoms with Crippen molar-refractivity contribution in [3.05, 3.63) is 71.0 Å². The summed E-state index contributed by atoms with van der Waals surface area (Å²) in [5.74, 6) is -0.880. The first-order valence-electron chi connectivity index (χ1n) is 9.04. The van der Waals surface area contributed by atoms with Gasteiger partial charge in [0.15, 0.2) is 0 Å². The lowest BCUT2D eigenvalue weighted by Gasteiger charge is -2.35. The first-order chi connectivity index (χ1) is 12.9. The highest BCUT2D eigenvalue weighted by Crippen LogP contribution is 2.23. The SMILES string of the molecule is Cc1cccc(C(CNS(=O)(=O)Cc2ccccc2F)N2CCOCC2)c1. The molecular formula is C20H25FN2O3S. The fraction of sp³-hybridized carbons (Fsp3) is 0.400. The van der Waals surface area contributed by atoms with Gasteiger partial charge in [-0.1, -0.05) is 48.0 Å². The topological polar surface area (TPSA) is 58.6 Å². The lowest BCUT2D eigenvalue weighted by atomic mass is 10.0. The third kappa shape index (κ3) is 5.59. The van der Waals surface area contributed by atoms with E-state index in [1.54, 1.807) is 12.1 Å². The Labute approximate surface area is 160 Å². The van der Waals surface area contributed by atoms with Crippen molar-refractivity contribution < 1.29 is 17.5 Å². The van der Waals surface area contributed by atoms with Crippen LogP contribution in [0.2, 0.25) is 0 Å². The van der Waals surface area contributed by atoms with Crippen LogP contribution in [0.4, 0.5) is 4.39 Å². The lowest BCUT2D eigenvalue weighted by molar-refractivity contribution is 0.0172. The standard InChI is InChI=1S/C20H25FN2O3S/c1-16-5-4-7-17(13-16)20(23-9-11-26-12-10-23)14-22-27(24,25)15-18-6-2-3-8-19(18)21/h2-8,13,20,22H,9-12,14-15H2,1H3. The van der Waals surface area contributed by atoms with E-state index < -0.39 is 15.8 Å². The number of halogens is 1. The summed E-state index contributed by atoms with van der Waals surface area (Å²) in [6, 6.07) is 13.9. The molecule has 0 bridgehead atoms. The maximum atomic E-state index is 13.8. The molecule has 2 aromatic carbocycles. The highest BCUT2D eigenvalue weighted by atomic mass is 32.2. The average molecular weight is 392 g/mol. The van der Waals surface area contributed by atoms with E-state index in [-0.39, 0.29) is 23.9 Å². The summed E-state index contributed by atoms with van der Waals surface area (Å²) in [5.41, 5.74) is 2.36. The fourth-order valence-corrected chi connectivity index (χ4v) is 4.46. The van der Waals surface area contributed by atoms with Crippen molar-refractivity contribution in [2.24, 2.45) is 0 Å². The van der Waals surface area contributed by atoms with Gasteiger partial charge in [-0.15, -0.1) is 0 Å². The van der Waals surface area contributed by atoms with E-state index in [4.69, 9.17) is 4.74 Å². The number of nitrogens with zero attached hydrogens (tertiary/aromatic N) is 1. The maximum Gasteiger partial charge on any atom is 0.215 e. The van der Waals surface area contributed by atoms with Crippen LogP contribution in [-0.4, -0.2) is 46.2 Å². The van der Waals surface area contributed by atoms with Crippen LogP contribution in [0.15, 0.2) is 48.5 Å². The molecule has 0 spiro atoms. The van der Waals surface area contributed by atoms with Gasteiger partial charge in [-0.2, -0.15) is 0 Å². The minimum absolute atomic E-state index is 0.0933. The number of benzene rings is 2. The van der Waals surface area contributed by atoms with E-state index >= 15 is 0 Å². The van der Waals surface area contributed by atoms with Gasteiger partial charge < -0.3 is 4.74 Å². The van der Waals surface area contributed by atoms with Gasteiger partial charge in [-0.3, -0.25) is 4.90 Å². The van der Waals surface area contributed by atoms with Gasteiger partial charge >= 0.3 is 0 Å². The van der Waals surface area contributed by atoms with Gasteiger partial charge in [0.05, 0.1) is 19.0 Å². The van der Waals surface area contributed by atoms with Gasteiger partial charge in [0.25, 0.3) is 0 Å². The van der Waals surface area contributed by atoms with Gasteiger partial charge in [0.2, 0.25) is 10.0 Å². The van der Waals surface area contributed by atoms with Crippen LogP contribution in [0.5, 0.6) is 0 Å². The Morgan fingerprint density at radius 3 is 2.59 bits per heavy atom. The van der Waals surface area contributed by atoms with Crippen LogP contribution < -0.4 is 4.72 Å². The van der Waals surface area contributed by atoms with Crippen LogP contribution in [-0.2, 0) is 20.5 Å². The number of aryl methyl sites for hydroxylation is 1. The Bertz CT molecular complexity index is 867. The molecule has 1 saturated heterocycles. The number of hydrogen-bond donors (Lipinski definition) is 1. The molecule has 146 valence electrons. The summed E-state index contributed by atoms with van der Waals surface area (Å²) in [6.45, 7) is 5.00. The molecule has 1 fully saturated rings. The second kappa shape index (κ2) is 8.93. The van der Waals surface area contributed by atoms with Crippen LogP contribution in [0.25, 0.3) is 0 Å². The molecular weight excluding hydrogens is 367 g/mol. The first-order valence-corrected chi connectivity index (χ1v) is 10.7. The summed E-state index contributed by atoms with van der Waals surface area (Å²) in [7, 11) is -3.66. The van der Waals surface area contributed by atoms with E-state index in [1.807, 2.05) is 25.1 Å². The molecule has 27 heavy (non-hydrogen) atoms. The lowest BCUT2D eigenvalue weighted by Crippen LogP contribution is -2.44. The largest absolute Gasteiger partial charge is 0.379 e. The average Bonchev–Trinajstić information content (AvgIpc) is 2.65. The maximum absolute atomic E-state index is 13.8. The summed E-state index contributed by atoms with van der Waals surface area (Å²) >= 11 is 0. The number of ether oxygens (including phenoxy) is 1. The van der Waals surface area contributed by atoms with E-state index in [0.29, 0.717) is 13.2 Å². The molecule has 2 aromatic rings. The highest BCUT2D eigenvalue weighted by Gasteiger charge is 2.25. The van der Waals surface area contributed by atoms with Crippen molar-refractivity contribution in [2.45, 2.75) is 18.7 Å². The summed E-state index contributed by atoms with van der Waals surface area (Å²) < 4.78 is 46.9.